The third kappa shape index (κ3) is 3.48. The molecule has 0 atom stereocenters. The normalized spacial score (nSPS) is 15.1. The summed E-state index contributed by atoms with van der Waals surface area (Å²) >= 11 is 0. The van der Waals surface area contributed by atoms with Crippen molar-refractivity contribution in [3.63, 3.8) is 0 Å². The highest BCUT2D eigenvalue weighted by Gasteiger charge is 2.39. The Bertz CT molecular complexity index is 2630. The van der Waals surface area contributed by atoms with Crippen molar-refractivity contribution < 1.29 is 0 Å². The molecule has 0 spiro atoms. The number of nitrogens with zero attached hydrogens (tertiary/aromatic N) is 2. The van der Waals surface area contributed by atoms with E-state index in [4.69, 9.17) is 4.98 Å². The summed E-state index contributed by atoms with van der Waals surface area (Å²) in [6.07, 6.45) is 1.92. The molecule has 0 amide bonds. The number of hydrogen-bond acceptors (Lipinski definition) is 1. The molecule has 1 aliphatic carbocycles. The van der Waals surface area contributed by atoms with Crippen molar-refractivity contribution in [3.8, 4) is 39.2 Å². The highest BCUT2D eigenvalue weighted by atomic mass is 15.0. The van der Waals surface area contributed by atoms with Gasteiger partial charge in [-0.1, -0.05) is 113 Å². The molecule has 1 aliphatic heterocycles. The average Bonchev–Trinajstić information content (AvgIpc) is 3.54. The summed E-state index contributed by atoms with van der Waals surface area (Å²) in [6, 6.07) is 47.4. The number of fused-ring (bicyclic) bond motifs is 9. The molecule has 0 radical (unpaired) electrons. The van der Waals surface area contributed by atoms with Gasteiger partial charge >= 0.3 is 0 Å². The van der Waals surface area contributed by atoms with Crippen LogP contribution < -0.4 is 0 Å². The van der Waals surface area contributed by atoms with Gasteiger partial charge in [0.2, 0.25) is 0 Å². The first-order valence-electron chi connectivity index (χ1n) is 16.6. The van der Waals surface area contributed by atoms with Crippen LogP contribution in [0, 0.1) is 0 Å². The van der Waals surface area contributed by atoms with Crippen LogP contribution in [0.2, 0.25) is 0 Å². The van der Waals surface area contributed by atoms with Gasteiger partial charge in [-0.25, -0.2) is 0 Å². The number of hydrogen-bond donors (Lipinski definition) is 0. The fraction of sp³-hybridized carbons (Fsp3) is 0.133. The molecule has 2 heteroatoms. The zero-order valence-corrected chi connectivity index (χ0v) is 27.1. The van der Waals surface area contributed by atoms with Crippen LogP contribution in [-0.2, 0) is 10.8 Å². The van der Waals surface area contributed by atoms with Crippen molar-refractivity contribution in [2.24, 2.45) is 0 Å². The number of aromatic nitrogens is 2. The molecule has 6 aromatic carbocycles. The maximum absolute atomic E-state index is 4.86. The first-order chi connectivity index (χ1) is 22.8. The maximum Gasteiger partial charge on any atom is 0.0780 e. The lowest BCUT2D eigenvalue weighted by Crippen LogP contribution is -2.26. The van der Waals surface area contributed by atoms with Gasteiger partial charge in [0.25, 0.3) is 0 Å². The molecule has 0 bridgehead atoms. The Balaban J connectivity index is 1.29. The Kier molecular flexibility index (Phi) is 5.16. The second kappa shape index (κ2) is 9.08. The summed E-state index contributed by atoms with van der Waals surface area (Å²) in [5, 5.41) is 5.02. The fourth-order valence-electron chi connectivity index (χ4n) is 8.77. The summed E-state index contributed by atoms with van der Waals surface area (Å²) in [4.78, 5) is 4.86. The van der Waals surface area contributed by atoms with Crippen molar-refractivity contribution in [2.75, 3.05) is 0 Å². The van der Waals surface area contributed by atoms with E-state index in [1.54, 1.807) is 0 Å². The Labute approximate surface area is 275 Å². The molecule has 2 nitrogen and oxygen atoms in total. The molecule has 47 heavy (non-hydrogen) atoms. The molecular weight excluding hydrogens is 569 g/mol. The summed E-state index contributed by atoms with van der Waals surface area (Å²) < 4.78 is 2.55. The van der Waals surface area contributed by atoms with E-state index in [9.17, 15) is 0 Å². The lowest BCUT2D eigenvalue weighted by atomic mass is 9.74. The van der Waals surface area contributed by atoms with E-state index in [1.807, 2.05) is 6.20 Å². The van der Waals surface area contributed by atoms with E-state index in [2.05, 4.69) is 160 Å². The minimum atomic E-state index is -0.168. The Morgan fingerprint density at radius 1 is 0.489 bits per heavy atom. The van der Waals surface area contributed by atoms with E-state index in [0.29, 0.717) is 0 Å². The Hall–Kier alpha value is -5.47. The zero-order valence-electron chi connectivity index (χ0n) is 27.1. The van der Waals surface area contributed by atoms with Crippen LogP contribution in [0.1, 0.15) is 49.9 Å². The molecule has 0 unspecified atom stereocenters. The van der Waals surface area contributed by atoms with Gasteiger partial charge in [0, 0.05) is 38.7 Å². The van der Waals surface area contributed by atoms with Crippen molar-refractivity contribution >= 4 is 32.6 Å². The largest absolute Gasteiger partial charge is 0.309 e. The monoisotopic (exact) mass is 602 g/mol. The van der Waals surface area contributed by atoms with Crippen molar-refractivity contribution in [1.29, 1.82) is 0 Å². The van der Waals surface area contributed by atoms with Crippen LogP contribution >= 0.6 is 0 Å². The van der Waals surface area contributed by atoms with E-state index >= 15 is 0 Å². The molecule has 2 aromatic heterocycles. The van der Waals surface area contributed by atoms with E-state index < -0.39 is 0 Å². The van der Waals surface area contributed by atoms with E-state index in [0.717, 1.165) is 11.3 Å². The molecule has 0 saturated carbocycles. The van der Waals surface area contributed by atoms with E-state index in [1.165, 1.54) is 82.8 Å². The third-order valence-corrected chi connectivity index (χ3v) is 11.2. The number of para-hydroxylation sites is 1. The summed E-state index contributed by atoms with van der Waals surface area (Å²) in [6.45, 7) is 9.54. The highest BCUT2D eigenvalue weighted by molar-refractivity contribution is 6.14. The molecule has 2 aliphatic rings. The minimum absolute atomic E-state index is 0.0634. The Morgan fingerprint density at radius 3 is 2.13 bits per heavy atom. The average molecular weight is 603 g/mol. The molecule has 0 N–H and O–H groups in total. The van der Waals surface area contributed by atoms with Crippen LogP contribution in [0.4, 0.5) is 0 Å². The van der Waals surface area contributed by atoms with Crippen LogP contribution in [-0.4, -0.2) is 9.55 Å². The van der Waals surface area contributed by atoms with Crippen LogP contribution in [0.3, 0.4) is 0 Å². The molecule has 8 aromatic rings. The minimum Gasteiger partial charge on any atom is -0.309 e. The lowest BCUT2D eigenvalue weighted by molar-refractivity contribution is 0.630. The topological polar surface area (TPSA) is 17.8 Å². The Morgan fingerprint density at radius 2 is 1.23 bits per heavy atom. The number of pyridine rings is 1. The molecule has 0 saturated heterocycles. The van der Waals surface area contributed by atoms with Gasteiger partial charge in [-0.05, 0) is 92.4 Å². The van der Waals surface area contributed by atoms with Gasteiger partial charge in [-0.2, -0.15) is 0 Å². The molecule has 0 fully saturated rings. The predicted molar refractivity (Wildman–Crippen MR) is 197 cm³/mol. The maximum atomic E-state index is 4.86. The van der Waals surface area contributed by atoms with Gasteiger partial charge < -0.3 is 4.57 Å². The first-order valence-corrected chi connectivity index (χ1v) is 16.6. The van der Waals surface area contributed by atoms with E-state index in [-0.39, 0.29) is 10.8 Å². The quantitative estimate of drug-likeness (QED) is 0.192. The smallest absolute Gasteiger partial charge is 0.0780 e. The fourth-order valence-corrected chi connectivity index (χ4v) is 8.77. The van der Waals surface area contributed by atoms with Gasteiger partial charge in [0.15, 0.2) is 0 Å². The summed E-state index contributed by atoms with van der Waals surface area (Å²) in [7, 11) is 0. The zero-order chi connectivity index (χ0) is 31.7. The molecule has 3 heterocycles. The number of benzene rings is 6. The van der Waals surface area contributed by atoms with Gasteiger partial charge in [-0.15, -0.1) is 0 Å². The SMILES string of the molecule is CC1(C)c2ccccc2-c2cc3c(cc21)c1cc(-c2cccc(-c4nccc5ccccc45)c2)cc2c1n3-c1ccccc1C2(C)C. The molecular formula is C45H34N2. The lowest BCUT2D eigenvalue weighted by Gasteiger charge is -2.35. The van der Waals surface area contributed by atoms with Crippen molar-refractivity contribution in [2.45, 2.75) is 38.5 Å². The summed E-state index contributed by atoms with van der Waals surface area (Å²) in [5.41, 5.74) is 16.5. The van der Waals surface area contributed by atoms with Crippen LogP contribution in [0.5, 0.6) is 0 Å². The second-order valence-corrected chi connectivity index (χ2v) is 14.4. The number of rotatable bonds is 2. The summed E-state index contributed by atoms with van der Waals surface area (Å²) in [5.74, 6) is 0. The van der Waals surface area contributed by atoms with Gasteiger partial charge in [0.05, 0.1) is 22.4 Å². The van der Waals surface area contributed by atoms with Crippen molar-refractivity contribution in [1.82, 2.24) is 9.55 Å². The van der Waals surface area contributed by atoms with Crippen LogP contribution in [0.15, 0.2) is 134 Å². The first kappa shape index (κ1) is 26.7. The standard InChI is InChI=1S/C45H34N2/c1-44(2)36-17-8-7-16-32(36)33-26-41-34(25-38(33)44)35-23-30(24-39-43(35)47(41)40-19-10-9-18-37(40)45(39,3)4)28-13-11-14-29(22-28)42-31-15-6-5-12-27(31)20-21-46-42/h5-26H,1-4H3. The highest BCUT2D eigenvalue weighted by Crippen LogP contribution is 2.54. The van der Waals surface area contributed by atoms with Crippen LogP contribution in [0.25, 0.3) is 71.8 Å². The second-order valence-electron chi connectivity index (χ2n) is 14.4. The predicted octanol–water partition coefficient (Wildman–Crippen LogP) is 11.6. The molecule has 224 valence electrons. The van der Waals surface area contributed by atoms with Gasteiger partial charge in [0.1, 0.15) is 0 Å². The van der Waals surface area contributed by atoms with Crippen molar-refractivity contribution in [3.05, 3.63) is 156 Å². The van der Waals surface area contributed by atoms with Gasteiger partial charge in [-0.3, -0.25) is 4.98 Å². The molecule has 10 rings (SSSR count). The third-order valence-electron chi connectivity index (χ3n) is 11.2.